The second-order valence-corrected chi connectivity index (χ2v) is 5.93. The van der Waals surface area contributed by atoms with E-state index >= 15 is 0 Å². The van der Waals surface area contributed by atoms with Crippen molar-refractivity contribution in [1.29, 1.82) is 0 Å². The molecule has 0 aromatic carbocycles. The van der Waals surface area contributed by atoms with Crippen molar-refractivity contribution in [2.45, 2.75) is 20.4 Å². The second kappa shape index (κ2) is 4.05. The lowest BCUT2D eigenvalue weighted by Gasteiger charge is -2.38. The first kappa shape index (κ1) is 13.1. The standard InChI is InChI=1S/C13H18N4O3/c1-8-14-10-9(15(8)3)11(18)17(12(19)16(10)4)5-13(2)6-20-7-13/h5-7H2,1-4H3. The van der Waals surface area contributed by atoms with Crippen LogP contribution in [0.25, 0.3) is 11.2 Å². The maximum absolute atomic E-state index is 12.6. The summed E-state index contributed by atoms with van der Waals surface area (Å²) in [6.07, 6.45) is 0. The van der Waals surface area contributed by atoms with Gasteiger partial charge in [0.2, 0.25) is 0 Å². The number of hydrogen-bond donors (Lipinski definition) is 0. The molecule has 0 N–H and O–H groups in total. The zero-order valence-corrected chi connectivity index (χ0v) is 12.1. The van der Waals surface area contributed by atoms with E-state index in [1.54, 1.807) is 18.7 Å². The number of rotatable bonds is 2. The van der Waals surface area contributed by atoms with Gasteiger partial charge in [0.1, 0.15) is 5.82 Å². The number of nitrogens with zero attached hydrogens (tertiary/aromatic N) is 4. The lowest BCUT2D eigenvalue weighted by atomic mass is 9.88. The number of ether oxygens (including phenoxy) is 1. The van der Waals surface area contributed by atoms with Gasteiger partial charge in [-0.3, -0.25) is 13.9 Å². The lowest BCUT2D eigenvalue weighted by molar-refractivity contribution is -0.111. The third kappa shape index (κ3) is 1.66. The Balaban J connectivity index is 2.30. The molecule has 1 aliphatic heterocycles. The fraction of sp³-hybridized carbons (Fsp3) is 0.615. The minimum Gasteiger partial charge on any atom is -0.380 e. The van der Waals surface area contributed by atoms with Crippen LogP contribution in [0.3, 0.4) is 0 Å². The summed E-state index contributed by atoms with van der Waals surface area (Å²) in [5, 5.41) is 0. The monoisotopic (exact) mass is 278 g/mol. The average Bonchev–Trinajstić information content (AvgIpc) is 2.67. The highest BCUT2D eigenvalue weighted by molar-refractivity contribution is 5.70. The predicted octanol–water partition coefficient (Wildman–Crippen LogP) is -0.221. The Kier molecular flexibility index (Phi) is 2.66. The van der Waals surface area contributed by atoms with Gasteiger partial charge in [0.25, 0.3) is 5.56 Å². The molecule has 0 spiro atoms. The first-order valence-corrected chi connectivity index (χ1v) is 6.55. The summed E-state index contributed by atoms with van der Waals surface area (Å²) < 4.78 is 9.66. The van der Waals surface area contributed by atoms with E-state index in [0.717, 1.165) is 0 Å². The molecule has 0 radical (unpaired) electrons. The Morgan fingerprint density at radius 3 is 2.45 bits per heavy atom. The molecule has 7 heteroatoms. The highest BCUT2D eigenvalue weighted by atomic mass is 16.5. The van der Waals surface area contributed by atoms with Crippen molar-refractivity contribution in [3.63, 3.8) is 0 Å². The van der Waals surface area contributed by atoms with E-state index < -0.39 is 0 Å². The highest BCUT2D eigenvalue weighted by Crippen LogP contribution is 2.27. The predicted molar refractivity (Wildman–Crippen MR) is 73.9 cm³/mol. The lowest BCUT2D eigenvalue weighted by Crippen LogP contribution is -2.50. The van der Waals surface area contributed by atoms with Gasteiger partial charge in [-0.25, -0.2) is 9.78 Å². The van der Waals surface area contributed by atoms with Crippen molar-refractivity contribution in [2.24, 2.45) is 19.5 Å². The van der Waals surface area contributed by atoms with Gasteiger partial charge in [-0.2, -0.15) is 0 Å². The molecule has 3 rings (SSSR count). The Hall–Kier alpha value is -1.89. The minimum absolute atomic E-state index is 0.142. The first-order chi connectivity index (χ1) is 9.34. The van der Waals surface area contributed by atoms with E-state index in [1.807, 2.05) is 13.8 Å². The molecule has 1 saturated heterocycles. The molecule has 0 saturated carbocycles. The summed E-state index contributed by atoms with van der Waals surface area (Å²) in [6, 6.07) is 0. The number of fused-ring (bicyclic) bond motifs is 1. The van der Waals surface area contributed by atoms with Crippen molar-refractivity contribution < 1.29 is 4.74 Å². The van der Waals surface area contributed by atoms with Crippen LogP contribution in [0.5, 0.6) is 0 Å². The third-order valence-corrected chi connectivity index (χ3v) is 4.02. The number of aromatic nitrogens is 4. The van der Waals surface area contributed by atoms with Gasteiger partial charge in [0.05, 0.1) is 13.2 Å². The largest absolute Gasteiger partial charge is 0.380 e. The second-order valence-electron chi connectivity index (χ2n) is 5.93. The molecular weight excluding hydrogens is 260 g/mol. The smallest absolute Gasteiger partial charge is 0.332 e. The van der Waals surface area contributed by atoms with Crippen LogP contribution in [0, 0.1) is 12.3 Å². The highest BCUT2D eigenvalue weighted by Gasteiger charge is 2.35. The van der Waals surface area contributed by atoms with Crippen molar-refractivity contribution in [2.75, 3.05) is 13.2 Å². The summed E-state index contributed by atoms with van der Waals surface area (Å²) in [4.78, 5) is 29.3. The molecule has 0 unspecified atom stereocenters. The normalized spacial score (nSPS) is 17.4. The Bertz CT molecular complexity index is 808. The van der Waals surface area contributed by atoms with E-state index in [0.29, 0.717) is 36.7 Å². The molecule has 1 fully saturated rings. The van der Waals surface area contributed by atoms with E-state index in [-0.39, 0.29) is 16.7 Å². The van der Waals surface area contributed by atoms with Crippen molar-refractivity contribution in [3.8, 4) is 0 Å². The Morgan fingerprint density at radius 2 is 1.90 bits per heavy atom. The molecule has 2 aromatic heterocycles. The van der Waals surface area contributed by atoms with Crippen LogP contribution in [0.15, 0.2) is 9.59 Å². The SMILES string of the molecule is Cc1nc2c(c(=O)n(CC3(C)COC3)c(=O)n2C)n1C. The van der Waals surface area contributed by atoms with Crippen molar-refractivity contribution >= 4 is 11.2 Å². The molecule has 2 aromatic rings. The van der Waals surface area contributed by atoms with Crippen LogP contribution < -0.4 is 11.2 Å². The number of aryl methyl sites for hydroxylation is 3. The zero-order chi connectivity index (χ0) is 14.7. The molecule has 20 heavy (non-hydrogen) atoms. The summed E-state index contributed by atoms with van der Waals surface area (Å²) in [5.41, 5.74) is 0.157. The quantitative estimate of drug-likeness (QED) is 0.761. The van der Waals surface area contributed by atoms with Crippen LogP contribution >= 0.6 is 0 Å². The Labute approximate surface area is 115 Å². The molecule has 7 nitrogen and oxygen atoms in total. The van der Waals surface area contributed by atoms with E-state index in [1.165, 1.54) is 9.13 Å². The summed E-state index contributed by atoms with van der Waals surface area (Å²) in [7, 11) is 3.43. The van der Waals surface area contributed by atoms with E-state index in [2.05, 4.69) is 4.98 Å². The fourth-order valence-corrected chi connectivity index (χ4v) is 2.62. The van der Waals surface area contributed by atoms with Crippen LogP contribution in [-0.4, -0.2) is 31.9 Å². The van der Waals surface area contributed by atoms with Crippen LogP contribution in [0.4, 0.5) is 0 Å². The Morgan fingerprint density at radius 1 is 1.25 bits per heavy atom. The van der Waals surface area contributed by atoms with E-state index in [4.69, 9.17) is 4.74 Å². The average molecular weight is 278 g/mol. The molecule has 3 heterocycles. The molecule has 108 valence electrons. The zero-order valence-electron chi connectivity index (χ0n) is 12.1. The summed E-state index contributed by atoms with van der Waals surface area (Å²) in [5.74, 6) is 0.711. The summed E-state index contributed by atoms with van der Waals surface area (Å²) in [6.45, 7) is 5.35. The van der Waals surface area contributed by atoms with Gasteiger partial charge in [0.15, 0.2) is 11.2 Å². The minimum atomic E-state index is -0.325. The van der Waals surface area contributed by atoms with Crippen LogP contribution in [0.1, 0.15) is 12.7 Å². The van der Waals surface area contributed by atoms with E-state index in [9.17, 15) is 9.59 Å². The van der Waals surface area contributed by atoms with Crippen LogP contribution in [0.2, 0.25) is 0 Å². The van der Waals surface area contributed by atoms with Gasteiger partial charge < -0.3 is 9.30 Å². The molecule has 0 amide bonds. The van der Waals surface area contributed by atoms with Crippen LogP contribution in [-0.2, 0) is 25.4 Å². The van der Waals surface area contributed by atoms with Gasteiger partial charge >= 0.3 is 5.69 Å². The molecule has 0 atom stereocenters. The molecule has 0 bridgehead atoms. The fourth-order valence-electron chi connectivity index (χ4n) is 2.62. The van der Waals surface area contributed by atoms with Gasteiger partial charge in [-0.15, -0.1) is 0 Å². The first-order valence-electron chi connectivity index (χ1n) is 6.55. The maximum Gasteiger partial charge on any atom is 0.332 e. The topological polar surface area (TPSA) is 71.1 Å². The van der Waals surface area contributed by atoms with Crippen molar-refractivity contribution in [1.82, 2.24) is 18.7 Å². The van der Waals surface area contributed by atoms with Gasteiger partial charge in [-0.1, -0.05) is 6.92 Å². The van der Waals surface area contributed by atoms with Crippen molar-refractivity contribution in [3.05, 3.63) is 26.7 Å². The van der Waals surface area contributed by atoms with Gasteiger partial charge in [0, 0.05) is 26.1 Å². The molecule has 1 aliphatic rings. The van der Waals surface area contributed by atoms with Gasteiger partial charge in [-0.05, 0) is 6.92 Å². The maximum atomic E-state index is 12.6. The molecule has 0 aliphatic carbocycles. The summed E-state index contributed by atoms with van der Waals surface area (Å²) >= 11 is 0. The molecular formula is C13H18N4O3. The number of imidazole rings is 1. The third-order valence-electron chi connectivity index (χ3n) is 4.02. The number of hydrogen-bond acceptors (Lipinski definition) is 4.